The van der Waals surface area contributed by atoms with Crippen LogP contribution in [0.5, 0.6) is 5.75 Å². The first-order chi connectivity index (χ1) is 14.9. The van der Waals surface area contributed by atoms with Gasteiger partial charge in [-0.25, -0.2) is 4.72 Å². The molecule has 2 heterocycles. The van der Waals surface area contributed by atoms with Crippen LogP contribution in [0.1, 0.15) is 12.5 Å². The van der Waals surface area contributed by atoms with Crippen molar-refractivity contribution in [1.82, 2.24) is 13.9 Å². The van der Waals surface area contributed by atoms with Crippen molar-refractivity contribution in [3.05, 3.63) is 48.0 Å². The summed E-state index contributed by atoms with van der Waals surface area (Å²) in [7, 11) is 0.257. The zero-order valence-corrected chi connectivity index (χ0v) is 19.4. The summed E-state index contributed by atoms with van der Waals surface area (Å²) in [4.78, 5) is 4.45. The van der Waals surface area contributed by atoms with E-state index in [1.165, 1.54) is 16.8 Å². The van der Waals surface area contributed by atoms with E-state index in [1.807, 2.05) is 25.2 Å². The maximum Gasteiger partial charge on any atom is 0.279 e. The lowest BCUT2D eigenvalue weighted by atomic mass is 10.0. The third-order valence-corrected chi connectivity index (χ3v) is 7.89. The van der Waals surface area contributed by atoms with Crippen molar-refractivity contribution in [1.29, 1.82) is 0 Å². The van der Waals surface area contributed by atoms with Gasteiger partial charge in [-0.15, -0.1) is 0 Å². The third-order valence-electron chi connectivity index (χ3n) is 6.31. The molecule has 7 nitrogen and oxygen atoms in total. The van der Waals surface area contributed by atoms with Gasteiger partial charge in [0, 0.05) is 51.0 Å². The van der Waals surface area contributed by atoms with Crippen LogP contribution in [0.2, 0.25) is 0 Å². The van der Waals surface area contributed by atoms with Gasteiger partial charge in [0.05, 0.1) is 7.11 Å². The number of anilines is 1. The highest BCUT2D eigenvalue weighted by Gasteiger charge is 2.28. The average Bonchev–Trinajstić information content (AvgIpc) is 3.21. The second-order valence-electron chi connectivity index (χ2n) is 8.42. The van der Waals surface area contributed by atoms with Gasteiger partial charge >= 0.3 is 0 Å². The van der Waals surface area contributed by atoms with Crippen LogP contribution in [-0.4, -0.2) is 77.1 Å². The van der Waals surface area contributed by atoms with E-state index in [0.717, 1.165) is 37.4 Å². The fourth-order valence-electron chi connectivity index (χ4n) is 4.32. The minimum atomic E-state index is -3.44. The Hall–Kier alpha value is -2.13. The number of methoxy groups -OCH3 is 1. The van der Waals surface area contributed by atoms with Crippen LogP contribution >= 0.6 is 0 Å². The van der Waals surface area contributed by atoms with E-state index in [4.69, 9.17) is 4.74 Å². The Kier molecular flexibility index (Phi) is 6.52. The summed E-state index contributed by atoms with van der Waals surface area (Å²) < 4.78 is 35.1. The number of piperazine rings is 1. The number of likely N-dealkylation sites (N-methyl/N-ethyl adjacent to an activating group) is 1. The summed E-state index contributed by atoms with van der Waals surface area (Å²) in [6.07, 6.45) is 0.961. The first-order valence-corrected chi connectivity index (χ1v) is 12.3. The second-order valence-corrected chi connectivity index (χ2v) is 10.2. The van der Waals surface area contributed by atoms with Gasteiger partial charge in [0.15, 0.2) is 0 Å². The van der Waals surface area contributed by atoms with Crippen LogP contribution < -0.4 is 14.4 Å². The Balaban J connectivity index is 1.42. The summed E-state index contributed by atoms with van der Waals surface area (Å²) in [6, 6.07) is 14.7. The first-order valence-electron chi connectivity index (χ1n) is 10.8. The highest BCUT2D eigenvalue weighted by Crippen LogP contribution is 2.34. The third kappa shape index (κ3) is 4.87. The molecule has 168 valence electrons. The number of rotatable bonds is 7. The number of nitrogens with one attached hydrogen (secondary N) is 1. The van der Waals surface area contributed by atoms with Gasteiger partial charge in [0.1, 0.15) is 5.75 Å². The van der Waals surface area contributed by atoms with Crippen molar-refractivity contribution in [3.8, 4) is 16.9 Å². The molecule has 1 saturated heterocycles. The highest BCUT2D eigenvalue weighted by atomic mass is 32.2. The molecule has 1 fully saturated rings. The second kappa shape index (κ2) is 9.16. The molecule has 0 radical (unpaired) electrons. The SMILES string of the molecule is COc1cccc(-c2ccc3c(c2)CCN3C(C)CNS(=O)(=O)N2CCN(C)CC2)c1. The zero-order chi connectivity index (χ0) is 22.0. The predicted molar refractivity (Wildman–Crippen MR) is 125 cm³/mol. The van der Waals surface area contributed by atoms with Crippen LogP contribution in [-0.2, 0) is 16.6 Å². The van der Waals surface area contributed by atoms with E-state index < -0.39 is 10.2 Å². The Morgan fingerprint density at radius 1 is 1.03 bits per heavy atom. The fourth-order valence-corrected chi connectivity index (χ4v) is 5.60. The molecule has 0 amide bonds. The van der Waals surface area contributed by atoms with Gasteiger partial charge in [0.25, 0.3) is 10.2 Å². The minimum absolute atomic E-state index is 0.0751. The maximum atomic E-state index is 12.7. The summed E-state index contributed by atoms with van der Waals surface area (Å²) in [5, 5.41) is 0. The smallest absolute Gasteiger partial charge is 0.279 e. The number of hydrogen-bond donors (Lipinski definition) is 1. The zero-order valence-electron chi connectivity index (χ0n) is 18.5. The number of hydrogen-bond acceptors (Lipinski definition) is 5. The number of ether oxygens (including phenoxy) is 1. The molecule has 31 heavy (non-hydrogen) atoms. The molecule has 0 bridgehead atoms. The van der Waals surface area contributed by atoms with Gasteiger partial charge in [-0.3, -0.25) is 0 Å². The Morgan fingerprint density at radius 3 is 2.52 bits per heavy atom. The quantitative estimate of drug-likeness (QED) is 0.709. The van der Waals surface area contributed by atoms with E-state index in [0.29, 0.717) is 19.6 Å². The lowest BCUT2D eigenvalue weighted by Gasteiger charge is -2.33. The topological polar surface area (TPSA) is 65.1 Å². The molecular formula is C23H32N4O3S. The number of nitrogens with zero attached hydrogens (tertiary/aromatic N) is 3. The van der Waals surface area contributed by atoms with Crippen molar-refractivity contribution >= 4 is 15.9 Å². The molecule has 0 aromatic heterocycles. The molecule has 0 aliphatic carbocycles. The van der Waals surface area contributed by atoms with Gasteiger partial charge in [-0.05, 0) is 61.3 Å². The monoisotopic (exact) mass is 444 g/mol. The van der Waals surface area contributed by atoms with Crippen LogP contribution in [0.25, 0.3) is 11.1 Å². The summed E-state index contributed by atoms with van der Waals surface area (Å²) in [5.74, 6) is 0.848. The Bertz CT molecular complexity index is 1020. The molecule has 2 aliphatic rings. The van der Waals surface area contributed by atoms with E-state index in [2.05, 4.69) is 45.7 Å². The molecule has 1 atom stereocenters. The number of benzene rings is 2. The van der Waals surface area contributed by atoms with Crippen LogP contribution in [0.15, 0.2) is 42.5 Å². The molecule has 2 aliphatic heterocycles. The van der Waals surface area contributed by atoms with Gasteiger partial charge in [-0.1, -0.05) is 18.2 Å². The molecule has 1 N–H and O–H groups in total. The fraction of sp³-hybridized carbons (Fsp3) is 0.478. The van der Waals surface area contributed by atoms with Gasteiger partial charge in [0.2, 0.25) is 0 Å². The van der Waals surface area contributed by atoms with E-state index in [1.54, 1.807) is 11.4 Å². The first kappa shape index (κ1) is 22.1. The van der Waals surface area contributed by atoms with Crippen LogP contribution in [0, 0.1) is 0 Å². The highest BCUT2D eigenvalue weighted by molar-refractivity contribution is 7.87. The van der Waals surface area contributed by atoms with Crippen molar-refractivity contribution in [2.75, 3.05) is 58.3 Å². The minimum Gasteiger partial charge on any atom is -0.497 e. The lowest BCUT2D eigenvalue weighted by molar-refractivity contribution is 0.221. The van der Waals surface area contributed by atoms with E-state index >= 15 is 0 Å². The summed E-state index contributed by atoms with van der Waals surface area (Å²) in [6.45, 7) is 5.99. The molecule has 8 heteroatoms. The van der Waals surface area contributed by atoms with Crippen molar-refractivity contribution in [2.45, 2.75) is 19.4 Å². The average molecular weight is 445 g/mol. The van der Waals surface area contributed by atoms with Crippen molar-refractivity contribution in [2.24, 2.45) is 0 Å². The predicted octanol–water partition coefficient (Wildman–Crippen LogP) is 2.19. The maximum absolute atomic E-state index is 12.7. The standard InChI is InChI=1S/C23H32N4O3S/c1-18(17-24-31(28,29)26-13-11-25(2)12-14-26)27-10-9-21-15-20(7-8-23(21)27)19-5-4-6-22(16-19)30-3/h4-8,15-16,18,24H,9-14,17H2,1-3H3. The van der Waals surface area contributed by atoms with Gasteiger partial charge in [-0.2, -0.15) is 12.7 Å². The molecule has 0 saturated carbocycles. The lowest BCUT2D eigenvalue weighted by Crippen LogP contribution is -2.52. The molecule has 2 aromatic carbocycles. The molecular weight excluding hydrogens is 412 g/mol. The molecule has 2 aromatic rings. The summed E-state index contributed by atoms with van der Waals surface area (Å²) >= 11 is 0. The Labute approximate surface area is 185 Å². The largest absolute Gasteiger partial charge is 0.497 e. The number of fused-ring (bicyclic) bond motifs is 1. The van der Waals surface area contributed by atoms with Crippen LogP contribution in [0.4, 0.5) is 5.69 Å². The molecule has 4 rings (SSSR count). The van der Waals surface area contributed by atoms with Crippen LogP contribution in [0.3, 0.4) is 0 Å². The van der Waals surface area contributed by atoms with E-state index in [-0.39, 0.29) is 6.04 Å². The summed E-state index contributed by atoms with van der Waals surface area (Å²) in [5.41, 5.74) is 4.79. The normalized spacial score (nSPS) is 18.7. The van der Waals surface area contributed by atoms with Gasteiger partial charge < -0.3 is 14.5 Å². The Morgan fingerprint density at radius 2 is 1.77 bits per heavy atom. The van der Waals surface area contributed by atoms with E-state index in [9.17, 15) is 8.42 Å². The van der Waals surface area contributed by atoms with Crippen molar-refractivity contribution in [3.63, 3.8) is 0 Å². The molecule has 1 unspecified atom stereocenters. The van der Waals surface area contributed by atoms with Crippen molar-refractivity contribution < 1.29 is 13.2 Å². The molecule has 0 spiro atoms.